The standard InChI is InChI=1S/C18H28N2/c1-20-4-2-3-17(20)10-16(19)11-18-14-6-12-5-13(8-14)9-15(18)7-12/h2-4,12-16,18H,5-11,19H2,1H3. The van der Waals surface area contributed by atoms with E-state index >= 15 is 0 Å². The average Bonchev–Trinajstić information content (AvgIpc) is 2.79. The Labute approximate surface area is 122 Å². The van der Waals surface area contributed by atoms with E-state index in [-0.39, 0.29) is 0 Å². The molecule has 4 bridgehead atoms. The second-order valence-electron chi connectivity index (χ2n) is 7.90. The molecule has 1 atom stereocenters. The predicted molar refractivity (Wildman–Crippen MR) is 82.2 cm³/mol. The van der Waals surface area contributed by atoms with Gasteiger partial charge in [-0.05, 0) is 80.2 Å². The molecule has 1 aromatic rings. The maximum atomic E-state index is 6.50. The van der Waals surface area contributed by atoms with Crippen molar-refractivity contribution in [3.05, 3.63) is 24.0 Å². The zero-order valence-corrected chi connectivity index (χ0v) is 12.7. The summed E-state index contributed by atoms with van der Waals surface area (Å²) in [6.07, 6.45) is 12.1. The molecule has 0 radical (unpaired) electrons. The second-order valence-corrected chi connectivity index (χ2v) is 7.90. The van der Waals surface area contributed by atoms with Gasteiger partial charge in [-0.3, -0.25) is 0 Å². The third-order valence-corrected chi connectivity index (χ3v) is 6.52. The first-order chi connectivity index (χ1) is 9.69. The molecule has 2 nitrogen and oxygen atoms in total. The maximum absolute atomic E-state index is 6.50. The van der Waals surface area contributed by atoms with Gasteiger partial charge in [-0.15, -0.1) is 0 Å². The lowest BCUT2D eigenvalue weighted by atomic mass is 9.51. The van der Waals surface area contributed by atoms with Crippen LogP contribution in [0.25, 0.3) is 0 Å². The maximum Gasteiger partial charge on any atom is 0.0187 e. The van der Waals surface area contributed by atoms with E-state index < -0.39 is 0 Å². The summed E-state index contributed by atoms with van der Waals surface area (Å²) < 4.78 is 2.22. The molecule has 0 saturated heterocycles. The zero-order valence-electron chi connectivity index (χ0n) is 12.7. The van der Waals surface area contributed by atoms with Crippen molar-refractivity contribution in [3.8, 4) is 0 Å². The molecule has 110 valence electrons. The lowest BCUT2D eigenvalue weighted by molar-refractivity contribution is -0.0419. The van der Waals surface area contributed by atoms with E-state index in [4.69, 9.17) is 5.73 Å². The minimum Gasteiger partial charge on any atom is -0.354 e. The van der Waals surface area contributed by atoms with E-state index in [0.29, 0.717) is 6.04 Å². The van der Waals surface area contributed by atoms with Crippen LogP contribution in [0.4, 0.5) is 0 Å². The summed E-state index contributed by atoms with van der Waals surface area (Å²) >= 11 is 0. The van der Waals surface area contributed by atoms with Crippen LogP contribution in [0.15, 0.2) is 18.3 Å². The first kappa shape index (κ1) is 12.9. The highest BCUT2D eigenvalue weighted by atomic mass is 14.9. The van der Waals surface area contributed by atoms with E-state index in [0.717, 1.165) is 36.0 Å². The van der Waals surface area contributed by atoms with Crippen molar-refractivity contribution in [1.82, 2.24) is 4.57 Å². The van der Waals surface area contributed by atoms with E-state index in [1.54, 1.807) is 6.42 Å². The van der Waals surface area contributed by atoms with Gasteiger partial charge in [-0.1, -0.05) is 0 Å². The summed E-state index contributed by atoms with van der Waals surface area (Å²) in [7, 11) is 2.13. The minimum atomic E-state index is 0.353. The van der Waals surface area contributed by atoms with Crippen LogP contribution in [-0.2, 0) is 13.5 Å². The van der Waals surface area contributed by atoms with Gasteiger partial charge in [-0.25, -0.2) is 0 Å². The molecule has 1 aromatic heterocycles. The molecule has 0 aliphatic heterocycles. The van der Waals surface area contributed by atoms with Gasteiger partial charge in [0.15, 0.2) is 0 Å². The summed E-state index contributed by atoms with van der Waals surface area (Å²) in [4.78, 5) is 0. The first-order valence-corrected chi connectivity index (χ1v) is 8.55. The smallest absolute Gasteiger partial charge is 0.0187 e. The quantitative estimate of drug-likeness (QED) is 0.895. The van der Waals surface area contributed by atoms with E-state index in [9.17, 15) is 0 Å². The Balaban J connectivity index is 1.40. The molecular weight excluding hydrogens is 244 g/mol. The predicted octanol–water partition coefficient (Wildman–Crippen LogP) is 3.36. The monoisotopic (exact) mass is 272 g/mol. The van der Waals surface area contributed by atoms with E-state index in [1.165, 1.54) is 37.8 Å². The summed E-state index contributed by atoms with van der Waals surface area (Å²) in [6, 6.07) is 4.70. The number of aromatic nitrogens is 1. The highest BCUT2D eigenvalue weighted by Crippen LogP contribution is 2.57. The van der Waals surface area contributed by atoms with E-state index in [1.807, 2.05) is 0 Å². The SMILES string of the molecule is Cn1cccc1CC(N)CC1C2CC3CC(C2)CC1C3. The Kier molecular flexibility index (Phi) is 3.17. The van der Waals surface area contributed by atoms with Gasteiger partial charge in [0.25, 0.3) is 0 Å². The fourth-order valence-corrected chi connectivity index (χ4v) is 5.83. The van der Waals surface area contributed by atoms with Crippen LogP contribution in [0.5, 0.6) is 0 Å². The van der Waals surface area contributed by atoms with Crippen LogP contribution < -0.4 is 5.73 Å². The number of nitrogens with two attached hydrogens (primary N) is 1. The molecule has 4 fully saturated rings. The van der Waals surface area contributed by atoms with Crippen molar-refractivity contribution in [1.29, 1.82) is 0 Å². The van der Waals surface area contributed by atoms with Crippen LogP contribution >= 0.6 is 0 Å². The van der Waals surface area contributed by atoms with Gasteiger partial charge in [0, 0.05) is 31.4 Å². The number of hydrogen-bond acceptors (Lipinski definition) is 1. The highest BCUT2D eigenvalue weighted by Gasteiger charge is 2.48. The number of hydrogen-bond donors (Lipinski definition) is 1. The topological polar surface area (TPSA) is 30.9 Å². The summed E-state index contributed by atoms with van der Waals surface area (Å²) in [5.41, 5.74) is 7.89. The van der Waals surface area contributed by atoms with Crippen LogP contribution in [0.3, 0.4) is 0 Å². The lowest BCUT2D eigenvalue weighted by Gasteiger charge is -2.55. The fraction of sp³-hybridized carbons (Fsp3) is 0.778. The molecule has 4 saturated carbocycles. The van der Waals surface area contributed by atoms with Gasteiger partial charge in [-0.2, -0.15) is 0 Å². The Hall–Kier alpha value is -0.760. The third-order valence-electron chi connectivity index (χ3n) is 6.52. The Morgan fingerprint density at radius 1 is 1.15 bits per heavy atom. The van der Waals surface area contributed by atoms with Crippen LogP contribution in [0.1, 0.15) is 44.2 Å². The molecule has 0 aromatic carbocycles. The summed E-state index contributed by atoms with van der Waals surface area (Å²) in [5.74, 6) is 5.14. The van der Waals surface area contributed by atoms with Crippen LogP contribution in [0.2, 0.25) is 0 Å². The van der Waals surface area contributed by atoms with Crippen molar-refractivity contribution < 1.29 is 0 Å². The van der Waals surface area contributed by atoms with Crippen molar-refractivity contribution in [3.63, 3.8) is 0 Å². The number of rotatable bonds is 4. The van der Waals surface area contributed by atoms with Crippen molar-refractivity contribution in [2.75, 3.05) is 0 Å². The molecule has 2 N–H and O–H groups in total. The number of nitrogens with zero attached hydrogens (tertiary/aromatic N) is 1. The molecule has 20 heavy (non-hydrogen) atoms. The largest absolute Gasteiger partial charge is 0.354 e. The van der Waals surface area contributed by atoms with Gasteiger partial charge in [0.05, 0.1) is 0 Å². The normalized spacial score (nSPS) is 40.2. The molecule has 4 aliphatic rings. The minimum absolute atomic E-state index is 0.353. The Morgan fingerprint density at radius 2 is 1.80 bits per heavy atom. The van der Waals surface area contributed by atoms with Gasteiger partial charge >= 0.3 is 0 Å². The average molecular weight is 272 g/mol. The van der Waals surface area contributed by atoms with Gasteiger partial charge in [0.2, 0.25) is 0 Å². The molecule has 0 amide bonds. The zero-order chi connectivity index (χ0) is 13.7. The lowest BCUT2D eigenvalue weighted by Crippen LogP contribution is -2.47. The van der Waals surface area contributed by atoms with Gasteiger partial charge < -0.3 is 10.3 Å². The Bertz CT molecular complexity index is 448. The molecular formula is C18H28N2. The van der Waals surface area contributed by atoms with Crippen LogP contribution in [0, 0.1) is 29.6 Å². The van der Waals surface area contributed by atoms with Crippen molar-refractivity contribution in [2.24, 2.45) is 42.4 Å². The number of aryl methyl sites for hydroxylation is 1. The molecule has 2 heteroatoms. The molecule has 1 heterocycles. The second kappa shape index (κ2) is 4.91. The first-order valence-electron chi connectivity index (χ1n) is 8.55. The van der Waals surface area contributed by atoms with E-state index in [2.05, 4.69) is 29.9 Å². The highest BCUT2D eigenvalue weighted by molar-refractivity contribution is 5.08. The van der Waals surface area contributed by atoms with Crippen molar-refractivity contribution in [2.45, 2.75) is 51.0 Å². The molecule has 4 aliphatic carbocycles. The molecule has 0 spiro atoms. The summed E-state index contributed by atoms with van der Waals surface area (Å²) in [5, 5.41) is 0. The summed E-state index contributed by atoms with van der Waals surface area (Å²) in [6.45, 7) is 0. The third kappa shape index (κ3) is 2.22. The Morgan fingerprint density at radius 3 is 2.35 bits per heavy atom. The molecule has 1 unspecified atom stereocenters. The van der Waals surface area contributed by atoms with Crippen molar-refractivity contribution >= 4 is 0 Å². The fourth-order valence-electron chi connectivity index (χ4n) is 5.83. The molecule has 5 rings (SSSR count). The van der Waals surface area contributed by atoms with Gasteiger partial charge in [0.1, 0.15) is 0 Å². The van der Waals surface area contributed by atoms with Crippen LogP contribution in [-0.4, -0.2) is 10.6 Å².